The second-order valence-corrected chi connectivity index (χ2v) is 4.59. The summed E-state index contributed by atoms with van der Waals surface area (Å²) in [5.41, 5.74) is 2.62. The van der Waals surface area contributed by atoms with Crippen LogP contribution in [0.5, 0.6) is 0 Å². The van der Waals surface area contributed by atoms with Gasteiger partial charge in [-0.1, -0.05) is 32.0 Å². The van der Waals surface area contributed by atoms with E-state index in [0.717, 1.165) is 12.1 Å². The Morgan fingerprint density at radius 3 is 2.74 bits per heavy atom. The number of aromatic nitrogens is 1. The van der Waals surface area contributed by atoms with Gasteiger partial charge in [-0.05, 0) is 36.1 Å². The first kappa shape index (κ1) is 13.3. The lowest BCUT2D eigenvalue weighted by atomic mass is 9.97. The Morgan fingerprint density at radius 2 is 2.05 bits per heavy atom. The zero-order valence-electron chi connectivity index (χ0n) is 11.3. The van der Waals surface area contributed by atoms with Crippen molar-refractivity contribution in [3.05, 3.63) is 59.9 Å². The third-order valence-corrected chi connectivity index (χ3v) is 3.28. The van der Waals surface area contributed by atoms with Gasteiger partial charge in [0, 0.05) is 18.1 Å². The molecule has 0 saturated heterocycles. The number of amides is 1. The molecule has 3 heteroatoms. The van der Waals surface area contributed by atoms with Gasteiger partial charge in [-0.25, -0.2) is 0 Å². The van der Waals surface area contributed by atoms with Gasteiger partial charge < -0.3 is 5.32 Å². The van der Waals surface area contributed by atoms with E-state index in [1.807, 2.05) is 18.2 Å². The topological polar surface area (TPSA) is 42.0 Å². The van der Waals surface area contributed by atoms with Crippen LogP contribution in [0.4, 0.5) is 5.69 Å². The van der Waals surface area contributed by atoms with Crippen molar-refractivity contribution in [3.8, 4) is 0 Å². The molecule has 19 heavy (non-hydrogen) atoms. The minimum absolute atomic E-state index is 0.121. The zero-order valence-corrected chi connectivity index (χ0v) is 11.3. The Kier molecular flexibility index (Phi) is 4.29. The van der Waals surface area contributed by atoms with Crippen LogP contribution in [-0.4, -0.2) is 10.9 Å². The molecule has 3 nitrogen and oxygen atoms in total. The number of pyridine rings is 1. The van der Waals surface area contributed by atoms with E-state index in [1.54, 1.807) is 24.5 Å². The number of rotatable bonds is 4. The van der Waals surface area contributed by atoms with E-state index in [4.69, 9.17) is 0 Å². The average Bonchev–Trinajstić information content (AvgIpc) is 2.48. The normalized spacial score (nSPS) is 11.9. The van der Waals surface area contributed by atoms with Crippen molar-refractivity contribution in [2.45, 2.75) is 26.2 Å². The fourth-order valence-corrected chi connectivity index (χ4v) is 1.95. The summed E-state index contributed by atoms with van der Waals surface area (Å²) in [4.78, 5) is 16.1. The van der Waals surface area contributed by atoms with Crippen LogP contribution in [0.25, 0.3) is 0 Å². The van der Waals surface area contributed by atoms with Crippen LogP contribution >= 0.6 is 0 Å². The minimum atomic E-state index is -0.121. The van der Waals surface area contributed by atoms with E-state index >= 15 is 0 Å². The molecule has 98 valence electrons. The van der Waals surface area contributed by atoms with Gasteiger partial charge in [-0.15, -0.1) is 0 Å². The molecule has 1 N–H and O–H groups in total. The fraction of sp³-hybridized carbons (Fsp3) is 0.250. The molecule has 0 saturated carbocycles. The van der Waals surface area contributed by atoms with Crippen molar-refractivity contribution in [1.82, 2.24) is 4.98 Å². The molecule has 0 radical (unpaired) electrons. The number of benzene rings is 1. The molecule has 1 amide bonds. The fourth-order valence-electron chi connectivity index (χ4n) is 1.95. The number of hydrogen-bond acceptors (Lipinski definition) is 2. The third-order valence-electron chi connectivity index (χ3n) is 3.28. The molecule has 0 aliphatic heterocycles. The molecule has 1 aromatic carbocycles. The lowest BCUT2D eigenvalue weighted by molar-refractivity contribution is 0.102. The number of carbonyl (C=O) groups is 1. The molecule has 0 bridgehead atoms. The maximum Gasteiger partial charge on any atom is 0.257 e. The Labute approximate surface area is 113 Å². The number of anilines is 1. The summed E-state index contributed by atoms with van der Waals surface area (Å²) in [6.07, 6.45) is 4.27. The lowest BCUT2D eigenvalue weighted by Crippen LogP contribution is -2.14. The van der Waals surface area contributed by atoms with Crippen LogP contribution in [-0.2, 0) is 0 Å². The Bertz CT molecular complexity index is 552. The predicted molar refractivity (Wildman–Crippen MR) is 77.3 cm³/mol. The van der Waals surface area contributed by atoms with Crippen molar-refractivity contribution < 1.29 is 4.79 Å². The van der Waals surface area contributed by atoms with Gasteiger partial charge in [0.1, 0.15) is 0 Å². The molecule has 0 fully saturated rings. The van der Waals surface area contributed by atoms with Crippen LogP contribution in [0.3, 0.4) is 0 Å². The van der Waals surface area contributed by atoms with Gasteiger partial charge in [-0.3, -0.25) is 9.78 Å². The maximum atomic E-state index is 12.1. The lowest BCUT2D eigenvalue weighted by Gasteiger charge is -2.15. The highest BCUT2D eigenvalue weighted by molar-refractivity contribution is 6.04. The predicted octanol–water partition coefficient (Wildman–Crippen LogP) is 3.85. The molecule has 1 aromatic heterocycles. The molecule has 2 aromatic rings. The SMILES string of the molecule is CC[C@H](C)c1ccccc1NC(=O)c1cccnc1. The highest BCUT2D eigenvalue weighted by atomic mass is 16.1. The zero-order chi connectivity index (χ0) is 13.7. The van der Waals surface area contributed by atoms with Crippen LogP contribution in [0.15, 0.2) is 48.8 Å². The summed E-state index contributed by atoms with van der Waals surface area (Å²) in [6, 6.07) is 11.5. The molecule has 0 aliphatic rings. The summed E-state index contributed by atoms with van der Waals surface area (Å²) >= 11 is 0. The van der Waals surface area contributed by atoms with Gasteiger partial charge in [0.05, 0.1) is 5.56 Å². The molecule has 0 aliphatic carbocycles. The summed E-state index contributed by atoms with van der Waals surface area (Å²) in [5.74, 6) is 0.300. The van der Waals surface area contributed by atoms with E-state index in [9.17, 15) is 4.79 Å². The van der Waals surface area contributed by atoms with Crippen LogP contribution in [0, 0.1) is 0 Å². The number of nitrogens with zero attached hydrogens (tertiary/aromatic N) is 1. The smallest absolute Gasteiger partial charge is 0.257 e. The molecule has 1 heterocycles. The Balaban J connectivity index is 2.22. The van der Waals surface area contributed by atoms with Gasteiger partial charge in [0.25, 0.3) is 5.91 Å². The highest BCUT2D eigenvalue weighted by Crippen LogP contribution is 2.26. The first-order valence-corrected chi connectivity index (χ1v) is 6.52. The molecule has 2 rings (SSSR count). The van der Waals surface area contributed by atoms with Crippen molar-refractivity contribution in [3.63, 3.8) is 0 Å². The second-order valence-electron chi connectivity index (χ2n) is 4.59. The van der Waals surface area contributed by atoms with Crippen LogP contribution in [0.2, 0.25) is 0 Å². The van der Waals surface area contributed by atoms with Crippen LogP contribution in [0.1, 0.15) is 42.1 Å². The number of nitrogens with one attached hydrogen (secondary N) is 1. The Hall–Kier alpha value is -2.16. The first-order valence-electron chi connectivity index (χ1n) is 6.52. The van der Waals surface area contributed by atoms with E-state index in [0.29, 0.717) is 11.5 Å². The Morgan fingerprint density at radius 1 is 1.26 bits per heavy atom. The molecular weight excluding hydrogens is 236 g/mol. The largest absolute Gasteiger partial charge is 0.322 e. The summed E-state index contributed by atoms with van der Waals surface area (Å²) in [6.45, 7) is 4.31. The highest BCUT2D eigenvalue weighted by Gasteiger charge is 2.11. The van der Waals surface area contributed by atoms with E-state index in [1.165, 1.54) is 5.56 Å². The van der Waals surface area contributed by atoms with E-state index in [-0.39, 0.29) is 5.91 Å². The molecule has 1 atom stereocenters. The van der Waals surface area contributed by atoms with Gasteiger partial charge in [0.2, 0.25) is 0 Å². The van der Waals surface area contributed by atoms with Crippen molar-refractivity contribution in [2.24, 2.45) is 0 Å². The standard InChI is InChI=1S/C16H18N2O/c1-3-12(2)14-8-4-5-9-15(14)18-16(19)13-7-6-10-17-11-13/h4-12H,3H2,1-2H3,(H,18,19)/t12-/m0/s1. The van der Waals surface area contributed by atoms with Crippen LogP contribution < -0.4 is 5.32 Å². The third kappa shape index (κ3) is 3.19. The summed E-state index contributed by atoms with van der Waals surface area (Å²) in [7, 11) is 0. The van der Waals surface area contributed by atoms with E-state index < -0.39 is 0 Å². The first-order chi connectivity index (χ1) is 9.22. The van der Waals surface area contributed by atoms with Crippen molar-refractivity contribution in [1.29, 1.82) is 0 Å². The monoisotopic (exact) mass is 254 g/mol. The maximum absolute atomic E-state index is 12.1. The number of hydrogen-bond donors (Lipinski definition) is 1. The van der Waals surface area contributed by atoms with Gasteiger partial charge >= 0.3 is 0 Å². The number of para-hydroxylation sites is 1. The molecule has 0 spiro atoms. The second kappa shape index (κ2) is 6.14. The minimum Gasteiger partial charge on any atom is -0.322 e. The van der Waals surface area contributed by atoms with Gasteiger partial charge in [-0.2, -0.15) is 0 Å². The summed E-state index contributed by atoms with van der Waals surface area (Å²) < 4.78 is 0. The molecular formula is C16H18N2O. The van der Waals surface area contributed by atoms with Crippen molar-refractivity contribution in [2.75, 3.05) is 5.32 Å². The average molecular weight is 254 g/mol. The van der Waals surface area contributed by atoms with Gasteiger partial charge in [0.15, 0.2) is 0 Å². The van der Waals surface area contributed by atoms with Crippen molar-refractivity contribution >= 4 is 11.6 Å². The van der Waals surface area contributed by atoms with E-state index in [2.05, 4.69) is 30.2 Å². The quantitative estimate of drug-likeness (QED) is 0.900. The number of carbonyl (C=O) groups excluding carboxylic acids is 1. The summed E-state index contributed by atoms with van der Waals surface area (Å²) in [5, 5.41) is 2.96. The molecule has 0 unspecified atom stereocenters.